The zero-order valence-corrected chi connectivity index (χ0v) is 11.8. The molecule has 0 spiro atoms. The second-order valence-electron chi connectivity index (χ2n) is 4.98. The minimum Gasteiger partial charge on any atom is -0.354 e. The molecule has 102 valence electrons. The van der Waals surface area contributed by atoms with Gasteiger partial charge in [-0.25, -0.2) is 0 Å². The lowest BCUT2D eigenvalue weighted by Crippen LogP contribution is -2.38. The van der Waals surface area contributed by atoms with Crippen molar-refractivity contribution >= 4 is 18.3 Å². The van der Waals surface area contributed by atoms with Crippen LogP contribution in [-0.2, 0) is 11.8 Å². The van der Waals surface area contributed by atoms with Crippen LogP contribution in [0.25, 0.3) is 0 Å². The summed E-state index contributed by atoms with van der Waals surface area (Å²) in [6.45, 7) is 5.57. The first-order valence-corrected chi connectivity index (χ1v) is 6.07. The Labute approximate surface area is 114 Å². The van der Waals surface area contributed by atoms with Crippen molar-refractivity contribution in [1.29, 1.82) is 0 Å². The highest BCUT2D eigenvalue weighted by Gasteiger charge is 2.34. The van der Waals surface area contributed by atoms with Crippen LogP contribution in [0.2, 0.25) is 0 Å². The number of rotatable bonds is 3. The van der Waals surface area contributed by atoms with E-state index in [1.165, 1.54) is 0 Å². The maximum atomic E-state index is 12.1. The van der Waals surface area contributed by atoms with Gasteiger partial charge in [-0.3, -0.25) is 9.48 Å². The van der Waals surface area contributed by atoms with E-state index in [1.807, 2.05) is 33.3 Å². The molecule has 1 fully saturated rings. The van der Waals surface area contributed by atoms with Crippen LogP contribution < -0.4 is 10.6 Å². The van der Waals surface area contributed by atoms with Crippen LogP contribution in [0.1, 0.15) is 25.3 Å². The summed E-state index contributed by atoms with van der Waals surface area (Å²) in [5.41, 5.74) is 1.14. The van der Waals surface area contributed by atoms with Gasteiger partial charge in [0, 0.05) is 38.3 Å². The predicted octanol–water partition coefficient (Wildman–Crippen LogP) is 0.669. The van der Waals surface area contributed by atoms with E-state index >= 15 is 0 Å². The van der Waals surface area contributed by atoms with Gasteiger partial charge in [0.2, 0.25) is 5.91 Å². The predicted molar refractivity (Wildman–Crippen MR) is 72.8 cm³/mol. The molecule has 0 unspecified atom stereocenters. The molecule has 18 heavy (non-hydrogen) atoms. The Hall–Kier alpha value is -1.07. The van der Waals surface area contributed by atoms with Crippen molar-refractivity contribution in [2.75, 3.05) is 13.1 Å². The molecule has 1 amide bonds. The van der Waals surface area contributed by atoms with E-state index < -0.39 is 0 Å². The van der Waals surface area contributed by atoms with Crippen LogP contribution in [0, 0.1) is 5.92 Å². The molecule has 2 rings (SSSR count). The number of carbonyl (C=O) groups excluding carboxylic acids is 1. The van der Waals surface area contributed by atoms with E-state index in [2.05, 4.69) is 15.7 Å². The Kier molecular flexibility index (Phi) is 5.16. The minimum absolute atomic E-state index is 0. The topological polar surface area (TPSA) is 59.0 Å². The standard InChI is InChI=1S/C12H20N4O.ClH/c1-8(2)15-12(17)11-6-13-5-10(11)9-4-14-16(3)7-9;/h4,7-8,10-11,13H,5-6H2,1-3H3,(H,15,17);1H/t10-,11+;/m1./s1. The van der Waals surface area contributed by atoms with Crippen molar-refractivity contribution in [2.45, 2.75) is 25.8 Å². The van der Waals surface area contributed by atoms with Crippen molar-refractivity contribution in [2.24, 2.45) is 13.0 Å². The van der Waals surface area contributed by atoms with Crippen molar-refractivity contribution in [3.8, 4) is 0 Å². The molecular formula is C12H21ClN4O. The van der Waals surface area contributed by atoms with Gasteiger partial charge in [-0.2, -0.15) is 5.10 Å². The van der Waals surface area contributed by atoms with E-state index in [0.29, 0.717) is 0 Å². The molecule has 0 bridgehead atoms. The largest absolute Gasteiger partial charge is 0.354 e. The van der Waals surface area contributed by atoms with Gasteiger partial charge in [0.25, 0.3) is 0 Å². The van der Waals surface area contributed by atoms with E-state index in [1.54, 1.807) is 4.68 Å². The fourth-order valence-corrected chi connectivity index (χ4v) is 2.33. The van der Waals surface area contributed by atoms with Gasteiger partial charge in [-0.15, -0.1) is 12.4 Å². The average Bonchev–Trinajstić information content (AvgIpc) is 2.83. The summed E-state index contributed by atoms with van der Waals surface area (Å²) < 4.78 is 1.78. The van der Waals surface area contributed by atoms with Crippen LogP contribution in [0.5, 0.6) is 0 Å². The Morgan fingerprint density at radius 1 is 1.56 bits per heavy atom. The maximum Gasteiger partial charge on any atom is 0.225 e. The lowest BCUT2D eigenvalue weighted by Gasteiger charge is -2.18. The number of halogens is 1. The van der Waals surface area contributed by atoms with Crippen LogP contribution in [0.4, 0.5) is 0 Å². The van der Waals surface area contributed by atoms with Crippen LogP contribution in [0.15, 0.2) is 12.4 Å². The minimum atomic E-state index is 0. The second-order valence-corrected chi connectivity index (χ2v) is 4.98. The SMILES string of the molecule is CC(C)NC(=O)[C@H]1CNC[C@@H]1c1cnn(C)c1.Cl. The monoisotopic (exact) mass is 272 g/mol. The number of hydrogen-bond donors (Lipinski definition) is 2. The quantitative estimate of drug-likeness (QED) is 0.850. The van der Waals surface area contributed by atoms with Crippen molar-refractivity contribution in [1.82, 2.24) is 20.4 Å². The van der Waals surface area contributed by atoms with Gasteiger partial charge < -0.3 is 10.6 Å². The number of aromatic nitrogens is 2. The molecule has 1 aliphatic heterocycles. The second kappa shape index (κ2) is 6.20. The number of nitrogens with one attached hydrogen (secondary N) is 2. The average molecular weight is 273 g/mol. The third-order valence-electron chi connectivity index (χ3n) is 3.13. The van der Waals surface area contributed by atoms with Crippen molar-refractivity contribution in [3.63, 3.8) is 0 Å². The zero-order valence-electron chi connectivity index (χ0n) is 11.0. The Balaban J connectivity index is 0.00000162. The first-order valence-electron chi connectivity index (χ1n) is 6.07. The third kappa shape index (κ3) is 3.23. The Bertz CT molecular complexity index is 405. The van der Waals surface area contributed by atoms with E-state index in [0.717, 1.165) is 18.7 Å². The van der Waals surface area contributed by atoms with Crippen molar-refractivity contribution in [3.05, 3.63) is 18.0 Å². The van der Waals surface area contributed by atoms with Crippen LogP contribution in [-0.4, -0.2) is 34.8 Å². The highest BCUT2D eigenvalue weighted by molar-refractivity contribution is 5.85. The zero-order chi connectivity index (χ0) is 12.4. The molecule has 0 aliphatic carbocycles. The molecular weight excluding hydrogens is 252 g/mol. The molecule has 1 aromatic rings. The Morgan fingerprint density at radius 3 is 2.83 bits per heavy atom. The maximum absolute atomic E-state index is 12.1. The molecule has 5 nitrogen and oxygen atoms in total. The first-order chi connectivity index (χ1) is 8.08. The summed E-state index contributed by atoms with van der Waals surface area (Å²) >= 11 is 0. The summed E-state index contributed by atoms with van der Waals surface area (Å²) in [7, 11) is 1.90. The molecule has 1 aromatic heterocycles. The molecule has 0 aromatic carbocycles. The molecule has 6 heteroatoms. The molecule has 2 atom stereocenters. The van der Waals surface area contributed by atoms with Gasteiger partial charge in [-0.05, 0) is 19.4 Å². The lowest BCUT2D eigenvalue weighted by atomic mass is 9.90. The number of nitrogens with zero attached hydrogens (tertiary/aromatic N) is 2. The molecule has 2 N–H and O–H groups in total. The summed E-state index contributed by atoms with van der Waals surface area (Å²) in [5, 5.41) is 10.4. The molecule has 0 saturated carbocycles. The number of aryl methyl sites for hydroxylation is 1. The molecule has 1 saturated heterocycles. The normalized spacial score (nSPS) is 22.9. The summed E-state index contributed by atoms with van der Waals surface area (Å²) in [5.74, 6) is 0.392. The smallest absolute Gasteiger partial charge is 0.225 e. The van der Waals surface area contributed by atoms with Gasteiger partial charge in [0.05, 0.1) is 12.1 Å². The van der Waals surface area contributed by atoms with E-state index in [-0.39, 0.29) is 36.2 Å². The van der Waals surface area contributed by atoms with Gasteiger partial charge >= 0.3 is 0 Å². The highest BCUT2D eigenvalue weighted by Crippen LogP contribution is 2.27. The third-order valence-corrected chi connectivity index (χ3v) is 3.13. The Morgan fingerprint density at radius 2 is 2.28 bits per heavy atom. The van der Waals surface area contributed by atoms with E-state index in [9.17, 15) is 4.79 Å². The fraction of sp³-hybridized carbons (Fsp3) is 0.667. The summed E-state index contributed by atoms with van der Waals surface area (Å²) in [6, 6.07) is 0.192. The van der Waals surface area contributed by atoms with Gasteiger partial charge in [-0.1, -0.05) is 0 Å². The number of amides is 1. The number of carbonyl (C=O) groups is 1. The molecule has 1 aliphatic rings. The fourth-order valence-electron chi connectivity index (χ4n) is 2.33. The van der Waals surface area contributed by atoms with Crippen LogP contribution >= 0.6 is 12.4 Å². The van der Waals surface area contributed by atoms with Gasteiger partial charge in [0.15, 0.2) is 0 Å². The van der Waals surface area contributed by atoms with Gasteiger partial charge in [0.1, 0.15) is 0 Å². The summed E-state index contributed by atoms with van der Waals surface area (Å²) in [6.07, 6.45) is 3.85. The van der Waals surface area contributed by atoms with Crippen molar-refractivity contribution < 1.29 is 4.79 Å². The lowest BCUT2D eigenvalue weighted by molar-refractivity contribution is -0.125. The van der Waals surface area contributed by atoms with Crippen LogP contribution in [0.3, 0.4) is 0 Å². The summed E-state index contributed by atoms with van der Waals surface area (Å²) in [4.78, 5) is 12.1. The number of hydrogen-bond acceptors (Lipinski definition) is 3. The first kappa shape index (κ1) is 15.0. The van der Waals surface area contributed by atoms with E-state index in [4.69, 9.17) is 0 Å². The molecule has 2 heterocycles. The highest BCUT2D eigenvalue weighted by atomic mass is 35.5. The molecule has 0 radical (unpaired) electrons.